The Labute approximate surface area is 117 Å². The Morgan fingerprint density at radius 3 is 1.64 bits per heavy atom. The van der Waals surface area contributed by atoms with Gasteiger partial charge in [0.25, 0.3) is 0 Å². The average molecular weight is 178 g/mol. The third-order valence-corrected chi connectivity index (χ3v) is 0.604. The molecule has 0 unspecified atom stereocenters. The second kappa shape index (κ2) is 22.7. The largest absolute Gasteiger partial charge is 1.00 e. The van der Waals surface area contributed by atoms with Gasteiger partial charge in [0.05, 0.1) is 0 Å². The van der Waals surface area contributed by atoms with Crippen LogP contribution < -0.4 is 59.1 Å². The normalized spacial score (nSPS) is 7.09. The molecule has 0 radical (unpaired) electrons. The molecule has 0 saturated heterocycles. The summed E-state index contributed by atoms with van der Waals surface area (Å²) in [5, 5.41) is 8.06. The molecule has 1 nitrogen and oxygen atoms in total. The zero-order valence-electron chi connectivity index (χ0n) is 9.85. The van der Waals surface area contributed by atoms with Crippen LogP contribution in [0.3, 0.4) is 0 Å². The summed E-state index contributed by atoms with van der Waals surface area (Å²) in [6.45, 7) is 9.29. The van der Waals surface area contributed by atoms with Gasteiger partial charge in [0.2, 0.25) is 0 Å². The molecule has 0 spiro atoms. The fourth-order valence-electron chi connectivity index (χ4n) is 0.250. The second-order valence-electron chi connectivity index (χ2n) is 2.30. The Bertz CT molecular complexity index is 41.3. The third-order valence-electron chi connectivity index (χ3n) is 0.604. The van der Waals surface area contributed by atoms with Crippen LogP contribution in [0.25, 0.3) is 0 Å². The summed E-state index contributed by atoms with van der Waals surface area (Å²) >= 11 is 0. The number of rotatable bonds is 2. The minimum Gasteiger partial charge on any atom is -1.00 e. The van der Waals surface area contributed by atoms with Gasteiger partial charge in [-0.2, -0.15) is 6.42 Å². The van der Waals surface area contributed by atoms with E-state index in [2.05, 4.69) is 13.8 Å². The predicted octanol–water partition coefficient (Wildman–Crippen LogP) is -3.48. The van der Waals surface area contributed by atoms with Crippen molar-refractivity contribution in [2.75, 3.05) is 0 Å². The first-order valence-electron chi connectivity index (χ1n) is 3.62. The van der Waals surface area contributed by atoms with Crippen molar-refractivity contribution >= 4 is 0 Å². The van der Waals surface area contributed by atoms with Gasteiger partial charge in [-0.15, -0.1) is 0 Å². The minimum absolute atomic E-state index is 0. The molecule has 3 heteroatoms. The molecule has 11 heavy (non-hydrogen) atoms. The van der Waals surface area contributed by atoms with E-state index in [4.69, 9.17) is 5.11 Å². The van der Waals surface area contributed by atoms with Crippen molar-refractivity contribution in [1.29, 1.82) is 0 Å². The Balaban J connectivity index is -0.0000000221. The van der Waals surface area contributed by atoms with Crippen LogP contribution >= 0.6 is 0 Å². The SMILES string of the molecule is CC(C)O.[CH2-]CCCC.[H-].[Na+].[Na+]. The number of aliphatic hydroxyl groups is 1. The van der Waals surface area contributed by atoms with Crippen LogP contribution in [0.1, 0.15) is 41.5 Å². The molecule has 0 aromatic carbocycles. The van der Waals surface area contributed by atoms with E-state index in [9.17, 15) is 0 Å². The zero-order chi connectivity index (χ0) is 7.70. The van der Waals surface area contributed by atoms with Gasteiger partial charge in [-0.3, -0.25) is 0 Å². The quantitative estimate of drug-likeness (QED) is 0.344. The van der Waals surface area contributed by atoms with Gasteiger partial charge in [0, 0.05) is 6.10 Å². The molecular weight excluding hydrogens is 158 g/mol. The zero-order valence-corrected chi connectivity index (χ0v) is 12.9. The molecular formula is C8H20Na2O. The molecule has 0 heterocycles. The fraction of sp³-hybridized carbons (Fsp3) is 0.875. The van der Waals surface area contributed by atoms with Crippen molar-refractivity contribution in [3.05, 3.63) is 6.92 Å². The summed E-state index contributed by atoms with van der Waals surface area (Å²) in [7, 11) is 0. The van der Waals surface area contributed by atoms with Crippen LogP contribution in [0.2, 0.25) is 0 Å². The summed E-state index contributed by atoms with van der Waals surface area (Å²) in [5.74, 6) is 0. The van der Waals surface area contributed by atoms with Gasteiger partial charge in [0.1, 0.15) is 0 Å². The molecule has 0 aromatic heterocycles. The standard InChI is InChI=1S/C5H11.C3H8O.2Na.H/c1-3-5-4-2;1-3(2)4;;;/h1,3-5H2,2H3;3-4H,1-2H3;;;/q-1;;2*+1;-1. The molecule has 0 amide bonds. The molecule has 0 aromatic rings. The van der Waals surface area contributed by atoms with Crippen LogP contribution in [0, 0.1) is 6.92 Å². The van der Waals surface area contributed by atoms with Crippen LogP contribution in [0.15, 0.2) is 0 Å². The summed E-state index contributed by atoms with van der Waals surface area (Å²) < 4.78 is 0. The third kappa shape index (κ3) is 75.7. The van der Waals surface area contributed by atoms with Crippen LogP contribution in [-0.4, -0.2) is 11.2 Å². The summed E-state index contributed by atoms with van der Waals surface area (Å²) in [5.41, 5.74) is 0. The molecule has 0 saturated carbocycles. The first-order chi connectivity index (χ1) is 4.15. The molecule has 60 valence electrons. The Morgan fingerprint density at radius 1 is 1.36 bits per heavy atom. The van der Waals surface area contributed by atoms with Crippen LogP contribution in [0.5, 0.6) is 0 Å². The minimum atomic E-state index is -0.167. The van der Waals surface area contributed by atoms with Crippen molar-refractivity contribution in [3.8, 4) is 0 Å². The molecule has 0 rings (SSSR count). The topological polar surface area (TPSA) is 20.2 Å². The van der Waals surface area contributed by atoms with E-state index in [1.807, 2.05) is 0 Å². The number of hydrogen-bond donors (Lipinski definition) is 1. The first-order valence-corrected chi connectivity index (χ1v) is 3.62. The van der Waals surface area contributed by atoms with Crippen molar-refractivity contribution in [3.63, 3.8) is 0 Å². The number of unbranched alkanes of at least 4 members (excludes halogenated alkanes) is 2. The maximum Gasteiger partial charge on any atom is 1.00 e. The summed E-state index contributed by atoms with van der Waals surface area (Å²) in [4.78, 5) is 0. The van der Waals surface area contributed by atoms with E-state index in [-0.39, 0.29) is 66.6 Å². The van der Waals surface area contributed by atoms with E-state index in [0.29, 0.717) is 0 Å². The average Bonchev–Trinajstić information content (AvgIpc) is 1.66. The second-order valence-corrected chi connectivity index (χ2v) is 2.30. The van der Waals surface area contributed by atoms with Gasteiger partial charge in [-0.1, -0.05) is 19.8 Å². The van der Waals surface area contributed by atoms with Gasteiger partial charge in [-0.05, 0) is 13.8 Å². The van der Waals surface area contributed by atoms with Crippen LogP contribution in [-0.2, 0) is 0 Å². The Morgan fingerprint density at radius 2 is 1.64 bits per heavy atom. The van der Waals surface area contributed by atoms with Crippen molar-refractivity contribution in [2.45, 2.75) is 46.1 Å². The van der Waals surface area contributed by atoms with Gasteiger partial charge < -0.3 is 13.5 Å². The maximum absolute atomic E-state index is 8.06. The van der Waals surface area contributed by atoms with Crippen LogP contribution in [0.4, 0.5) is 0 Å². The Hall–Kier alpha value is 1.96. The van der Waals surface area contributed by atoms with Gasteiger partial charge >= 0.3 is 59.1 Å². The van der Waals surface area contributed by atoms with Gasteiger partial charge in [0.15, 0.2) is 0 Å². The fourth-order valence-corrected chi connectivity index (χ4v) is 0.250. The molecule has 0 aliphatic heterocycles. The summed E-state index contributed by atoms with van der Waals surface area (Å²) in [6, 6.07) is 0. The van der Waals surface area contributed by atoms with E-state index in [0.717, 1.165) is 6.42 Å². The predicted molar refractivity (Wildman–Crippen MR) is 43.3 cm³/mol. The van der Waals surface area contributed by atoms with Gasteiger partial charge in [-0.25, -0.2) is 0 Å². The molecule has 0 aliphatic carbocycles. The molecule has 0 bridgehead atoms. The van der Waals surface area contributed by atoms with Crippen molar-refractivity contribution in [1.82, 2.24) is 0 Å². The van der Waals surface area contributed by atoms with Crippen molar-refractivity contribution < 1.29 is 65.6 Å². The number of hydrogen-bond acceptors (Lipinski definition) is 1. The molecule has 0 aliphatic rings. The number of aliphatic hydroxyl groups excluding tert-OH is 1. The van der Waals surface area contributed by atoms with E-state index >= 15 is 0 Å². The summed E-state index contributed by atoms with van der Waals surface area (Å²) in [6.07, 6.45) is 3.49. The van der Waals surface area contributed by atoms with E-state index in [1.165, 1.54) is 12.8 Å². The maximum atomic E-state index is 8.06. The van der Waals surface area contributed by atoms with E-state index < -0.39 is 0 Å². The monoisotopic (exact) mass is 178 g/mol. The molecule has 0 fully saturated rings. The molecule has 0 atom stereocenters. The first kappa shape index (κ1) is 23.1. The Kier molecular flexibility index (Phi) is 47.6. The molecule has 1 N–H and O–H groups in total. The van der Waals surface area contributed by atoms with E-state index in [1.54, 1.807) is 13.8 Å². The van der Waals surface area contributed by atoms with Crippen molar-refractivity contribution in [2.24, 2.45) is 0 Å². The smallest absolute Gasteiger partial charge is 1.00 e.